The van der Waals surface area contributed by atoms with E-state index in [4.69, 9.17) is 0 Å². The Kier molecular flexibility index (Phi) is 4.15. The standard InChI is InChI=1S/C21H13F3N2O2/c22-21(23,24)15-10-8-14(9-11-15)13-18-16-5-1-2-6-17(16)20(27)26(18)19-7-3-4-12-25(19)28/h1-13H/b18-13-. The van der Waals surface area contributed by atoms with Crippen LogP contribution in [0.5, 0.6) is 0 Å². The Morgan fingerprint density at radius 1 is 0.893 bits per heavy atom. The molecule has 2 aromatic carbocycles. The number of carbonyl (C=O) groups excluding carboxylic acids is 1. The van der Waals surface area contributed by atoms with Crippen molar-refractivity contribution in [3.8, 4) is 0 Å². The summed E-state index contributed by atoms with van der Waals surface area (Å²) in [5.74, 6) is -0.258. The van der Waals surface area contributed by atoms with E-state index in [1.807, 2.05) is 0 Å². The number of carbonyl (C=O) groups is 1. The van der Waals surface area contributed by atoms with Crippen LogP contribution in [-0.4, -0.2) is 5.91 Å². The number of hydrogen-bond donors (Lipinski definition) is 0. The molecule has 0 fully saturated rings. The minimum absolute atomic E-state index is 0.113. The van der Waals surface area contributed by atoms with Gasteiger partial charge in [-0.15, -0.1) is 0 Å². The van der Waals surface area contributed by atoms with Crippen molar-refractivity contribution in [1.82, 2.24) is 0 Å². The zero-order valence-corrected chi connectivity index (χ0v) is 14.4. The molecular weight excluding hydrogens is 369 g/mol. The van der Waals surface area contributed by atoms with Gasteiger partial charge in [0.15, 0.2) is 0 Å². The molecule has 0 radical (unpaired) electrons. The fraction of sp³-hybridized carbons (Fsp3) is 0.0476. The summed E-state index contributed by atoms with van der Waals surface area (Å²) in [6.07, 6.45) is -1.55. The van der Waals surface area contributed by atoms with Crippen LogP contribution in [0.1, 0.15) is 27.0 Å². The minimum Gasteiger partial charge on any atom is -0.711 e. The summed E-state index contributed by atoms with van der Waals surface area (Å²) in [6, 6.07) is 16.2. The van der Waals surface area contributed by atoms with Gasteiger partial charge in [-0.3, -0.25) is 0 Å². The van der Waals surface area contributed by atoms with Crippen LogP contribution in [-0.2, 0) is 6.18 Å². The molecule has 0 bridgehead atoms. The third-order valence-corrected chi connectivity index (χ3v) is 4.45. The van der Waals surface area contributed by atoms with E-state index >= 15 is 0 Å². The number of hydrogen-bond acceptors (Lipinski definition) is 2. The molecule has 1 amide bonds. The molecule has 0 N–H and O–H groups in total. The molecule has 0 aliphatic carbocycles. The molecule has 28 heavy (non-hydrogen) atoms. The van der Waals surface area contributed by atoms with Gasteiger partial charge in [-0.25, -0.2) is 9.52 Å². The Bertz CT molecular complexity index is 1090. The van der Waals surface area contributed by atoms with Gasteiger partial charge in [-0.1, -0.05) is 30.3 Å². The second-order valence-electron chi connectivity index (χ2n) is 6.22. The molecular formula is C21H13F3N2O2. The van der Waals surface area contributed by atoms with Gasteiger partial charge >= 0.3 is 12.1 Å². The summed E-state index contributed by atoms with van der Waals surface area (Å²) in [6.45, 7) is 0. The number of anilines is 1. The largest absolute Gasteiger partial charge is 0.711 e. The summed E-state index contributed by atoms with van der Waals surface area (Å²) in [5, 5.41) is 12.2. The Balaban J connectivity index is 1.85. The highest BCUT2D eigenvalue weighted by atomic mass is 19.4. The second-order valence-corrected chi connectivity index (χ2v) is 6.22. The molecule has 0 atom stereocenters. The number of aromatic nitrogens is 1. The molecule has 4 nitrogen and oxygen atoms in total. The van der Waals surface area contributed by atoms with E-state index in [-0.39, 0.29) is 11.7 Å². The average molecular weight is 382 g/mol. The summed E-state index contributed by atoms with van der Waals surface area (Å²) in [7, 11) is 0. The van der Waals surface area contributed by atoms with Crippen LogP contribution in [0.3, 0.4) is 0 Å². The van der Waals surface area contributed by atoms with Crippen molar-refractivity contribution in [2.24, 2.45) is 0 Å². The summed E-state index contributed by atoms with van der Waals surface area (Å²) < 4.78 is 39.0. The molecule has 3 aromatic rings. The van der Waals surface area contributed by atoms with E-state index in [1.54, 1.807) is 42.5 Å². The van der Waals surface area contributed by atoms with Crippen LogP contribution in [0, 0.1) is 5.21 Å². The number of nitrogens with zero attached hydrogens (tertiary/aromatic N) is 2. The molecule has 0 spiro atoms. The topological polar surface area (TPSA) is 47.2 Å². The number of benzene rings is 2. The Morgan fingerprint density at radius 2 is 1.54 bits per heavy atom. The number of rotatable bonds is 2. The Labute approximate surface area is 158 Å². The van der Waals surface area contributed by atoms with Crippen molar-refractivity contribution in [2.75, 3.05) is 4.90 Å². The predicted octanol–water partition coefficient (Wildman–Crippen LogP) is 4.50. The fourth-order valence-corrected chi connectivity index (χ4v) is 3.13. The average Bonchev–Trinajstić information content (AvgIpc) is 2.94. The maximum atomic E-state index is 12.9. The molecule has 140 valence electrons. The highest BCUT2D eigenvalue weighted by Gasteiger charge is 2.41. The van der Waals surface area contributed by atoms with Gasteiger partial charge in [0.25, 0.3) is 5.82 Å². The molecule has 2 heterocycles. The Hall–Kier alpha value is -3.61. The van der Waals surface area contributed by atoms with Crippen LogP contribution >= 0.6 is 0 Å². The minimum atomic E-state index is -4.42. The number of alkyl halides is 3. The SMILES string of the molecule is O=C1c2ccccc2/C(=C/c2ccc(C(F)(F)F)cc2)N1c1cccc[n+]1[O-]. The van der Waals surface area contributed by atoms with Gasteiger partial charge in [0.1, 0.15) is 5.70 Å². The number of halogens is 3. The van der Waals surface area contributed by atoms with Crippen molar-refractivity contribution in [3.05, 3.63) is 100 Å². The first-order valence-corrected chi connectivity index (χ1v) is 8.37. The zero-order valence-electron chi connectivity index (χ0n) is 14.4. The van der Waals surface area contributed by atoms with Crippen LogP contribution in [0.25, 0.3) is 11.8 Å². The smallest absolute Gasteiger partial charge is 0.416 e. The van der Waals surface area contributed by atoms with E-state index in [9.17, 15) is 23.2 Å². The van der Waals surface area contributed by atoms with Crippen LogP contribution < -0.4 is 9.63 Å². The molecule has 1 aliphatic rings. The fourth-order valence-electron chi connectivity index (χ4n) is 3.13. The van der Waals surface area contributed by atoms with Gasteiger partial charge in [-0.05, 0) is 42.0 Å². The van der Waals surface area contributed by atoms with E-state index in [1.165, 1.54) is 29.3 Å². The molecule has 4 rings (SSSR count). The molecule has 1 aliphatic heterocycles. The van der Waals surface area contributed by atoms with E-state index in [0.717, 1.165) is 12.1 Å². The van der Waals surface area contributed by atoms with Crippen molar-refractivity contribution >= 4 is 23.5 Å². The lowest BCUT2D eigenvalue weighted by Gasteiger charge is -2.15. The first-order chi connectivity index (χ1) is 13.4. The number of pyridine rings is 1. The summed E-state index contributed by atoms with van der Waals surface area (Å²) in [5.41, 5.74) is 1.18. The lowest BCUT2D eigenvalue weighted by Crippen LogP contribution is -2.37. The first-order valence-electron chi connectivity index (χ1n) is 8.37. The predicted molar refractivity (Wildman–Crippen MR) is 98.0 cm³/mol. The maximum Gasteiger partial charge on any atom is 0.416 e. The highest BCUT2D eigenvalue weighted by Crippen LogP contribution is 2.37. The van der Waals surface area contributed by atoms with E-state index in [0.29, 0.717) is 27.1 Å². The van der Waals surface area contributed by atoms with Gasteiger partial charge in [-0.2, -0.15) is 18.1 Å². The van der Waals surface area contributed by atoms with Crippen LogP contribution in [0.2, 0.25) is 0 Å². The van der Waals surface area contributed by atoms with E-state index < -0.39 is 11.7 Å². The molecule has 7 heteroatoms. The van der Waals surface area contributed by atoms with Gasteiger partial charge in [0.05, 0.1) is 17.3 Å². The second kappa shape index (κ2) is 6.53. The van der Waals surface area contributed by atoms with Crippen molar-refractivity contribution < 1.29 is 22.7 Å². The first kappa shape index (κ1) is 17.8. The zero-order chi connectivity index (χ0) is 19.9. The van der Waals surface area contributed by atoms with Crippen LogP contribution in [0.4, 0.5) is 19.0 Å². The van der Waals surface area contributed by atoms with Gasteiger partial charge in [0, 0.05) is 11.6 Å². The third kappa shape index (κ3) is 3.00. The van der Waals surface area contributed by atoms with E-state index in [2.05, 4.69) is 0 Å². The molecule has 0 saturated carbocycles. The Morgan fingerprint density at radius 3 is 2.18 bits per heavy atom. The van der Waals surface area contributed by atoms with Gasteiger partial charge in [0.2, 0.25) is 0 Å². The molecule has 1 aromatic heterocycles. The van der Waals surface area contributed by atoms with Crippen LogP contribution in [0.15, 0.2) is 72.9 Å². The molecule has 0 unspecified atom stereocenters. The van der Waals surface area contributed by atoms with Crippen molar-refractivity contribution in [1.29, 1.82) is 0 Å². The monoisotopic (exact) mass is 382 g/mol. The van der Waals surface area contributed by atoms with Gasteiger partial charge < -0.3 is 5.21 Å². The normalized spacial score (nSPS) is 15.2. The van der Waals surface area contributed by atoms with Crippen molar-refractivity contribution in [2.45, 2.75) is 6.18 Å². The highest BCUT2D eigenvalue weighted by molar-refractivity contribution is 6.23. The maximum absolute atomic E-state index is 12.9. The number of fused-ring (bicyclic) bond motifs is 1. The molecule has 0 saturated heterocycles. The number of amides is 1. The summed E-state index contributed by atoms with van der Waals surface area (Å²) in [4.78, 5) is 14.2. The lowest BCUT2D eigenvalue weighted by molar-refractivity contribution is -0.591. The summed E-state index contributed by atoms with van der Waals surface area (Å²) >= 11 is 0. The van der Waals surface area contributed by atoms with Crippen molar-refractivity contribution in [3.63, 3.8) is 0 Å². The quantitative estimate of drug-likeness (QED) is 0.484. The third-order valence-electron chi connectivity index (χ3n) is 4.45. The lowest BCUT2D eigenvalue weighted by atomic mass is 10.1.